The van der Waals surface area contributed by atoms with Gasteiger partial charge in [-0.2, -0.15) is 4.57 Å². The van der Waals surface area contributed by atoms with Crippen molar-refractivity contribution in [3.63, 3.8) is 0 Å². The van der Waals surface area contributed by atoms with E-state index in [1.807, 2.05) is 54.6 Å². The van der Waals surface area contributed by atoms with E-state index in [0.29, 0.717) is 341 Å². The molecule has 0 spiro atoms. The molecule has 1 amide bonds. The lowest BCUT2D eigenvalue weighted by Gasteiger charge is -2.13. The average molecular weight is 1520 g/mol. The van der Waals surface area contributed by atoms with Crippen LogP contribution in [0.2, 0.25) is 0 Å². The lowest BCUT2D eigenvalue weighted by atomic mass is 9.98. The summed E-state index contributed by atoms with van der Waals surface area (Å²) in [5.74, 6) is 0.0000117. The van der Waals surface area contributed by atoms with E-state index >= 15 is 0 Å². The molecular weight excluding hydrogens is 1400 g/mol. The van der Waals surface area contributed by atoms with E-state index in [1.165, 1.54) is 0 Å². The number of ether oxygens (including phenoxy) is 24. The van der Waals surface area contributed by atoms with Crippen molar-refractivity contribution in [3.05, 3.63) is 77.2 Å². The van der Waals surface area contributed by atoms with Gasteiger partial charge in [-0.1, -0.05) is 42.4 Å². The lowest BCUT2D eigenvalue weighted by molar-refractivity contribution is -0.659. The van der Waals surface area contributed by atoms with Gasteiger partial charge in [-0.3, -0.25) is 4.79 Å². The van der Waals surface area contributed by atoms with E-state index in [-0.39, 0.29) is 5.91 Å². The maximum absolute atomic E-state index is 12.6. The number of benzene rings is 3. The number of hydrogen-bond donors (Lipinski definition) is 2. The van der Waals surface area contributed by atoms with Gasteiger partial charge in [0.15, 0.2) is 0 Å². The minimum absolute atomic E-state index is 0.0000117. The van der Waals surface area contributed by atoms with Crippen LogP contribution < -0.4 is 15.6 Å². The summed E-state index contributed by atoms with van der Waals surface area (Å²) in [6.07, 6.45) is 3.92. The number of nitrogens with zero attached hydrogens (tertiary/aromatic N) is 4. The number of aromatic nitrogens is 1. The van der Waals surface area contributed by atoms with E-state index in [4.69, 9.17) is 125 Å². The molecule has 0 atom stereocenters. The fourth-order valence-corrected chi connectivity index (χ4v) is 9.87. The Kier molecular flexibility index (Phi) is 63.9. The van der Waals surface area contributed by atoms with Crippen molar-refractivity contribution < 1.29 is 123 Å². The van der Waals surface area contributed by atoms with Crippen molar-refractivity contribution in [1.29, 1.82) is 0 Å². The van der Waals surface area contributed by atoms with Crippen LogP contribution in [0.5, 0.6) is 0 Å². The highest BCUT2D eigenvalue weighted by Crippen LogP contribution is 2.35. The molecule has 0 aliphatic carbocycles. The Hall–Kier alpha value is -5.05. The van der Waals surface area contributed by atoms with Gasteiger partial charge >= 0.3 is 0 Å². The van der Waals surface area contributed by atoms with Crippen LogP contribution in [0.3, 0.4) is 0 Å². The second kappa shape index (κ2) is 72.5. The molecule has 0 aliphatic rings. The molecule has 0 saturated heterocycles. The monoisotopic (exact) mass is 1520 g/mol. The molecule has 0 fully saturated rings. The second-order valence-corrected chi connectivity index (χ2v) is 23.4. The third kappa shape index (κ3) is 53.5. The van der Waals surface area contributed by atoms with Gasteiger partial charge in [0.05, 0.1) is 321 Å². The minimum Gasteiger partial charge on any atom is -0.399 e. The number of amides is 1. The number of carbonyl (C=O) groups excluding carboxylic acids is 1. The van der Waals surface area contributed by atoms with E-state index in [9.17, 15) is 4.79 Å². The minimum atomic E-state index is 0.0000117. The third-order valence-electron chi connectivity index (χ3n) is 15.1. The normalized spacial score (nSPS) is 11.6. The highest BCUT2D eigenvalue weighted by Gasteiger charge is 2.24. The number of pyridine rings is 1. The standard InChI is InChI=1S/C76H126N6O25/c1-2-18-84-20-22-86-24-26-88-28-30-90-32-34-92-36-38-94-40-42-96-44-46-98-48-50-100-52-54-102-56-58-104-60-62-106-64-65-107-63-61-105-59-57-103-55-53-101-51-49-99-47-45-97-43-41-95-39-37-93-35-33-91-31-29-89-27-25-87-23-21-85-19-16-79-75(83)11-7-4-8-17-82-74-66-69(77)12-14-72(74)71-15-13-70(80-81-78)67-73(71)76(82)68-9-5-3-6-10-68/h3,5-6,9-10,12-15,66-67,77H,2,4,7-8,11,16-65H2,1H3,(H,79,83)/p+1. The predicted molar refractivity (Wildman–Crippen MR) is 402 cm³/mol. The SMILES string of the molecule is CCCOCCOCCOCCOCCOCCOCCOCCOCCOCCOCCOCCOCCOCCOCCOCCOCCOCCOCCOCCOCCOCCOCCOCCOCCNC(=O)CCCCC[n+]1c(-c2ccccc2)c2cc(N=[N+]=[N-])ccc2c2ccc(N)cc21. The molecule has 610 valence electrons. The van der Waals surface area contributed by atoms with Gasteiger partial charge in [0.25, 0.3) is 0 Å². The van der Waals surface area contributed by atoms with E-state index in [1.54, 1.807) is 0 Å². The molecule has 31 nitrogen and oxygen atoms in total. The van der Waals surface area contributed by atoms with Crippen molar-refractivity contribution in [2.75, 3.05) is 329 Å². The van der Waals surface area contributed by atoms with Crippen LogP contribution in [0.15, 0.2) is 71.8 Å². The smallest absolute Gasteiger partial charge is 0.220 e. The Bertz CT molecular complexity index is 2720. The molecule has 0 aliphatic heterocycles. The number of nitrogens with one attached hydrogen (secondary N) is 1. The van der Waals surface area contributed by atoms with Crippen LogP contribution in [0, 0.1) is 0 Å². The summed E-state index contributed by atoms with van der Waals surface area (Å²) in [5.41, 5.74) is 19.8. The number of azide groups is 1. The molecule has 3 aromatic carbocycles. The van der Waals surface area contributed by atoms with E-state index < -0.39 is 0 Å². The number of aryl methyl sites for hydroxylation is 1. The zero-order chi connectivity index (χ0) is 75.5. The fourth-order valence-electron chi connectivity index (χ4n) is 9.87. The highest BCUT2D eigenvalue weighted by molar-refractivity contribution is 6.10. The molecule has 4 rings (SSSR count). The quantitative estimate of drug-likeness (QED) is 0.00858. The molecule has 3 N–H and O–H groups in total. The Labute approximate surface area is 633 Å². The van der Waals surface area contributed by atoms with Gasteiger partial charge in [-0.15, -0.1) is 0 Å². The lowest BCUT2D eigenvalue weighted by Crippen LogP contribution is -2.37. The van der Waals surface area contributed by atoms with Gasteiger partial charge in [0.2, 0.25) is 17.1 Å². The molecule has 1 aromatic heterocycles. The zero-order valence-electron chi connectivity index (χ0n) is 63.8. The topological polar surface area (TPSA) is 329 Å². The van der Waals surface area contributed by atoms with Crippen LogP contribution in [0.4, 0.5) is 11.4 Å². The van der Waals surface area contributed by atoms with Crippen molar-refractivity contribution in [2.45, 2.75) is 45.6 Å². The fraction of sp³-hybridized carbons (Fsp3) is 0.737. The molecule has 0 unspecified atom stereocenters. The Morgan fingerprint density at radius 2 is 0.654 bits per heavy atom. The number of unbranched alkanes of at least 4 members (excludes halogenated alkanes) is 2. The van der Waals surface area contributed by atoms with Crippen LogP contribution >= 0.6 is 0 Å². The number of carbonyl (C=O) groups is 1. The largest absolute Gasteiger partial charge is 0.399 e. The van der Waals surface area contributed by atoms with Crippen molar-refractivity contribution in [1.82, 2.24) is 5.32 Å². The van der Waals surface area contributed by atoms with Gasteiger partial charge in [0.1, 0.15) is 6.54 Å². The van der Waals surface area contributed by atoms with Crippen molar-refractivity contribution >= 4 is 39.0 Å². The Balaban J connectivity index is 0.737. The molecule has 4 aromatic rings. The number of nitrogen functional groups attached to an aromatic ring is 1. The number of fused-ring (bicyclic) bond motifs is 3. The number of hydrogen-bond acceptors (Lipinski definition) is 27. The molecular formula is C76H127N6O25+. The number of nitrogens with two attached hydrogens (primary N) is 1. The molecule has 107 heavy (non-hydrogen) atoms. The molecule has 1 heterocycles. The van der Waals surface area contributed by atoms with Gasteiger partial charge in [-0.05, 0) is 55.1 Å². The summed E-state index contributed by atoms with van der Waals surface area (Å²) in [7, 11) is 0. The number of rotatable bonds is 82. The van der Waals surface area contributed by atoms with Gasteiger partial charge in [-0.25, -0.2) is 0 Å². The maximum atomic E-state index is 12.6. The second-order valence-electron chi connectivity index (χ2n) is 23.4. The van der Waals surface area contributed by atoms with Crippen LogP contribution in [0.1, 0.15) is 39.0 Å². The molecule has 0 bridgehead atoms. The molecule has 0 radical (unpaired) electrons. The van der Waals surface area contributed by atoms with Gasteiger partial charge < -0.3 is 125 Å². The van der Waals surface area contributed by atoms with Gasteiger partial charge in [0, 0.05) is 59.3 Å². The van der Waals surface area contributed by atoms with Crippen molar-refractivity contribution in [2.24, 2.45) is 5.11 Å². The zero-order valence-corrected chi connectivity index (χ0v) is 63.8. The van der Waals surface area contributed by atoms with Crippen molar-refractivity contribution in [3.8, 4) is 11.3 Å². The van der Waals surface area contributed by atoms with Crippen LogP contribution in [-0.2, 0) is 125 Å². The Morgan fingerprint density at radius 1 is 0.355 bits per heavy atom. The summed E-state index contributed by atoms with van der Waals surface area (Å²) in [6.45, 7) is 26.8. The molecule has 31 heteroatoms. The van der Waals surface area contributed by atoms with E-state index in [2.05, 4.69) is 39.0 Å². The first kappa shape index (κ1) is 94.3. The summed E-state index contributed by atoms with van der Waals surface area (Å²) in [5, 5.41) is 9.94. The summed E-state index contributed by atoms with van der Waals surface area (Å²) < 4.78 is 135. The van der Waals surface area contributed by atoms with Crippen LogP contribution in [-0.4, -0.2) is 330 Å². The first-order valence-corrected chi connectivity index (χ1v) is 38.0. The predicted octanol–water partition coefficient (Wildman–Crippen LogP) is 6.96. The van der Waals surface area contributed by atoms with Crippen LogP contribution in [0.25, 0.3) is 43.4 Å². The number of anilines is 1. The summed E-state index contributed by atoms with van der Waals surface area (Å²) in [6, 6.07) is 21.9. The highest BCUT2D eigenvalue weighted by atomic mass is 16.6. The first-order chi connectivity index (χ1) is 53.1. The molecule has 0 saturated carbocycles. The van der Waals surface area contributed by atoms with E-state index in [0.717, 1.165) is 65.2 Å². The Morgan fingerprint density at radius 3 is 0.963 bits per heavy atom. The third-order valence-corrected chi connectivity index (χ3v) is 15.1. The summed E-state index contributed by atoms with van der Waals surface area (Å²) >= 11 is 0. The summed E-state index contributed by atoms with van der Waals surface area (Å²) in [4.78, 5) is 15.6. The average Bonchev–Trinajstić information content (AvgIpc) is 0.742. The maximum Gasteiger partial charge on any atom is 0.220 e. The first-order valence-electron chi connectivity index (χ1n) is 38.0.